The van der Waals surface area contributed by atoms with Crippen molar-refractivity contribution in [3.63, 3.8) is 0 Å². The molecule has 0 aliphatic rings. The minimum absolute atomic E-state index is 0.668. The number of nitrogens with zero attached hydrogens (tertiary/aromatic N) is 2. The van der Waals surface area contributed by atoms with Gasteiger partial charge in [-0.1, -0.05) is 56.3 Å². The molecule has 0 saturated carbocycles. The SMILES string of the molecule is CC(C)Cc1ccc(-c2cc(Nc3ccccc3)ncn2)cc1. The van der Waals surface area contributed by atoms with Crippen molar-refractivity contribution < 1.29 is 0 Å². The molecule has 1 aromatic heterocycles. The van der Waals surface area contributed by atoms with Crippen molar-refractivity contribution >= 4 is 11.5 Å². The Hall–Kier alpha value is -2.68. The third kappa shape index (κ3) is 4.16. The molecule has 3 nitrogen and oxygen atoms in total. The lowest BCUT2D eigenvalue weighted by atomic mass is 10.0. The molecule has 3 aromatic rings. The Morgan fingerprint density at radius 3 is 2.35 bits per heavy atom. The molecule has 23 heavy (non-hydrogen) atoms. The van der Waals surface area contributed by atoms with E-state index in [-0.39, 0.29) is 0 Å². The Morgan fingerprint density at radius 1 is 0.913 bits per heavy atom. The molecular formula is C20H21N3. The lowest BCUT2D eigenvalue weighted by Crippen LogP contribution is -1.96. The van der Waals surface area contributed by atoms with Gasteiger partial charge in [0.15, 0.2) is 0 Å². The van der Waals surface area contributed by atoms with Crippen molar-refractivity contribution in [3.05, 3.63) is 72.6 Å². The van der Waals surface area contributed by atoms with E-state index >= 15 is 0 Å². The maximum atomic E-state index is 4.39. The normalized spacial score (nSPS) is 10.7. The molecule has 0 radical (unpaired) electrons. The lowest BCUT2D eigenvalue weighted by Gasteiger charge is -2.08. The van der Waals surface area contributed by atoms with E-state index in [0.29, 0.717) is 5.92 Å². The first kappa shape index (κ1) is 15.2. The van der Waals surface area contributed by atoms with E-state index in [1.165, 1.54) is 5.56 Å². The van der Waals surface area contributed by atoms with Gasteiger partial charge < -0.3 is 5.32 Å². The van der Waals surface area contributed by atoms with Crippen LogP contribution in [0.15, 0.2) is 67.0 Å². The summed E-state index contributed by atoms with van der Waals surface area (Å²) in [5.74, 6) is 1.47. The summed E-state index contributed by atoms with van der Waals surface area (Å²) < 4.78 is 0. The molecule has 1 heterocycles. The summed E-state index contributed by atoms with van der Waals surface area (Å²) in [7, 11) is 0. The quantitative estimate of drug-likeness (QED) is 0.713. The number of aromatic nitrogens is 2. The molecule has 0 saturated heterocycles. The van der Waals surface area contributed by atoms with Gasteiger partial charge in [0.1, 0.15) is 12.1 Å². The Balaban J connectivity index is 1.79. The highest BCUT2D eigenvalue weighted by Gasteiger charge is 2.04. The summed E-state index contributed by atoms with van der Waals surface area (Å²) >= 11 is 0. The zero-order valence-corrected chi connectivity index (χ0v) is 13.5. The first-order valence-corrected chi connectivity index (χ1v) is 7.94. The fourth-order valence-corrected chi connectivity index (χ4v) is 2.54. The lowest BCUT2D eigenvalue weighted by molar-refractivity contribution is 0.647. The van der Waals surface area contributed by atoms with Gasteiger partial charge in [-0.05, 0) is 30.0 Å². The molecule has 0 aliphatic heterocycles. The standard InChI is InChI=1S/C20H21N3/c1-15(2)12-16-8-10-17(11-9-16)19-13-20(22-14-21-19)23-18-6-4-3-5-7-18/h3-11,13-15H,12H2,1-2H3,(H,21,22,23). The van der Waals surface area contributed by atoms with E-state index in [0.717, 1.165) is 29.2 Å². The summed E-state index contributed by atoms with van der Waals surface area (Å²) in [5, 5.41) is 3.30. The maximum Gasteiger partial charge on any atom is 0.134 e. The Kier molecular flexibility index (Phi) is 4.67. The van der Waals surface area contributed by atoms with Gasteiger partial charge in [0.2, 0.25) is 0 Å². The molecule has 1 N–H and O–H groups in total. The predicted octanol–water partition coefficient (Wildman–Crippen LogP) is 5.09. The first-order chi connectivity index (χ1) is 11.2. The summed E-state index contributed by atoms with van der Waals surface area (Å²) in [6.45, 7) is 4.47. The molecule has 3 heteroatoms. The average molecular weight is 303 g/mol. The van der Waals surface area contributed by atoms with E-state index in [1.807, 2.05) is 36.4 Å². The van der Waals surface area contributed by atoms with Crippen LogP contribution >= 0.6 is 0 Å². The van der Waals surface area contributed by atoms with E-state index in [4.69, 9.17) is 0 Å². The topological polar surface area (TPSA) is 37.8 Å². The van der Waals surface area contributed by atoms with Crippen molar-refractivity contribution in [2.45, 2.75) is 20.3 Å². The number of hydrogen-bond donors (Lipinski definition) is 1. The van der Waals surface area contributed by atoms with Gasteiger partial charge in [-0.25, -0.2) is 9.97 Å². The van der Waals surface area contributed by atoms with Crippen LogP contribution in [0.5, 0.6) is 0 Å². The van der Waals surface area contributed by atoms with Crippen LogP contribution in [-0.2, 0) is 6.42 Å². The number of anilines is 2. The Morgan fingerprint density at radius 2 is 1.65 bits per heavy atom. The second-order valence-electron chi connectivity index (χ2n) is 6.07. The van der Waals surface area contributed by atoms with Crippen molar-refractivity contribution in [3.8, 4) is 11.3 Å². The van der Waals surface area contributed by atoms with Crippen LogP contribution in [0.4, 0.5) is 11.5 Å². The highest BCUT2D eigenvalue weighted by atomic mass is 15.0. The molecule has 0 aliphatic carbocycles. The number of benzene rings is 2. The first-order valence-electron chi connectivity index (χ1n) is 7.94. The third-order valence-corrected chi connectivity index (χ3v) is 3.61. The third-order valence-electron chi connectivity index (χ3n) is 3.61. The predicted molar refractivity (Wildman–Crippen MR) is 95.7 cm³/mol. The van der Waals surface area contributed by atoms with Gasteiger partial charge in [-0.3, -0.25) is 0 Å². The molecule has 3 rings (SSSR count). The van der Waals surface area contributed by atoms with Gasteiger partial charge in [0.25, 0.3) is 0 Å². The van der Waals surface area contributed by atoms with Gasteiger partial charge in [0.05, 0.1) is 5.69 Å². The van der Waals surface area contributed by atoms with Crippen LogP contribution in [-0.4, -0.2) is 9.97 Å². The van der Waals surface area contributed by atoms with E-state index < -0.39 is 0 Å². The molecule has 0 bridgehead atoms. The molecule has 0 fully saturated rings. The minimum Gasteiger partial charge on any atom is -0.340 e. The molecule has 116 valence electrons. The van der Waals surface area contributed by atoms with Gasteiger partial charge in [-0.2, -0.15) is 0 Å². The van der Waals surface area contributed by atoms with Crippen LogP contribution in [0.1, 0.15) is 19.4 Å². The summed E-state index contributed by atoms with van der Waals surface area (Å²) in [6, 6.07) is 20.6. The van der Waals surface area contributed by atoms with E-state index in [1.54, 1.807) is 6.33 Å². The smallest absolute Gasteiger partial charge is 0.134 e. The monoisotopic (exact) mass is 303 g/mol. The van der Waals surface area contributed by atoms with Crippen molar-refractivity contribution in [1.82, 2.24) is 9.97 Å². The molecule has 2 aromatic carbocycles. The molecule has 0 unspecified atom stereocenters. The minimum atomic E-state index is 0.668. The average Bonchev–Trinajstić information content (AvgIpc) is 2.56. The van der Waals surface area contributed by atoms with Gasteiger partial charge >= 0.3 is 0 Å². The van der Waals surface area contributed by atoms with Crippen LogP contribution < -0.4 is 5.32 Å². The van der Waals surface area contributed by atoms with Crippen LogP contribution in [0.2, 0.25) is 0 Å². The molecule has 0 amide bonds. The largest absolute Gasteiger partial charge is 0.340 e. The number of para-hydroxylation sites is 1. The van der Waals surface area contributed by atoms with Crippen LogP contribution in [0.3, 0.4) is 0 Å². The fraction of sp³-hybridized carbons (Fsp3) is 0.200. The van der Waals surface area contributed by atoms with Gasteiger partial charge in [-0.15, -0.1) is 0 Å². The number of nitrogens with one attached hydrogen (secondary N) is 1. The Bertz CT molecular complexity index is 749. The van der Waals surface area contributed by atoms with Crippen molar-refractivity contribution in [2.75, 3.05) is 5.32 Å². The highest BCUT2D eigenvalue weighted by molar-refractivity contribution is 5.65. The van der Waals surface area contributed by atoms with E-state index in [2.05, 4.69) is 53.4 Å². The van der Waals surface area contributed by atoms with Crippen LogP contribution in [0, 0.1) is 5.92 Å². The second kappa shape index (κ2) is 7.05. The Labute approximate surface area is 137 Å². The van der Waals surface area contributed by atoms with Gasteiger partial charge in [0, 0.05) is 17.3 Å². The highest BCUT2D eigenvalue weighted by Crippen LogP contribution is 2.22. The fourth-order valence-electron chi connectivity index (χ4n) is 2.54. The number of hydrogen-bond acceptors (Lipinski definition) is 3. The van der Waals surface area contributed by atoms with Crippen molar-refractivity contribution in [2.24, 2.45) is 5.92 Å². The van der Waals surface area contributed by atoms with E-state index in [9.17, 15) is 0 Å². The van der Waals surface area contributed by atoms with Crippen LogP contribution in [0.25, 0.3) is 11.3 Å². The summed E-state index contributed by atoms with van der Waals surface area (Å²) in [4.78, 5) is 8.69. The summed E-state index contributed by atoms with van der Waals surface area (Å²) in [5.41, 5.74) is 4.41. The molecular weight excluding hydrogens is 282 g/mol. The zero-order valence-electron chi connectivity index (χ0n) is 13.5. The maximum absolute atomic E-state index is 4.39. The summed E-state index contributed by atoms with van der Waals surface area (Å²) in [6.07, 6.45) is 2.70. The number of rotatable bonds is 5. The molecule has 0 atom stereocenters. The molecule has 0 spiro atoms. The second-order valence-corrected chi connectivity index (χ2v) is 6.07. The van der Waals surface area contributed by atoms with Crippen molar-refractivity contribution in [1.29, 1.82) is 0 Å². The zero-order chi connectivity index (χ0) is 16.1.